The zero-order valence-corrected chi connectivity index (χ0v) is 7.60. The summed E-state index contributed by atoms with van der Waals surface area (Å²) in [5.74, 6) is -0.768. The number of amides is 1. The van der Waals surface area contributed by atoms with Gasteiger partial charge in [0.05, 0.1) is 0 Å². The summed E-state index contributed by atoms with van der Waals surface area (Å²) >= 11 is 0. The number of rotatable bonds is 1. The number of carboxylic acids is 1. The standard InChI is InChI=1S/C8H9N3O4/c12-7(13)5-4-2-1-3-9-6(4)10-11(5)8(14)15/h1-2,5,9-10H,3H2,(H,12,13)(H,14,15). The number of nitrogens with one attached hydrogen (secondary N) is 2. The summed E-state index contributed by atoms with van der Waals surface area (Å²) in [5, 5.41) is 21.3. The second-order valence-corrected chi connectivity index (χ2v) is 3.12. The van der Waals surface area contributed by atoms with Crippen LogP contribution in [-0.4, -0.2) is 39.9 Å². The van der Waals surface area contributed by atoms with Crippen LogP contribution in [0.3, 0.4) is 0 Å². The number of hydrazine groups is 1. The molecular weight excluding hydrogens is 202 g/mol. The maximum atomic E-state index is 10.9. The first-order valence-electron chi connectivity index (χ1n) is 4.27. The van der Waals surface area contributed by atoms with E-state index in [4.69, 9.17) is 10.2 Å². The molecule has 1 unspecified atom stereocenters. The molecule has 1 amide bonds. The first-order chi connectivity index (χ1) is 7.11. The van der Waals surface area contributed by atoms with Gasteiger partial charge < -0.3 is 15.5 Å². The van der Waals surface area contributed by atoms with Crippen molar-refractivity contribution in [2.75, 3.05) is 6.54 Å². The maximum Gasteiger partial charge on any atom is 0.427 e. The Kier molecular flexibility index (Phi) is 2.00. The molecule has 0 fully saturated rings. The van der Waals surface area contributed by atoms with E-state index in [0.717, 1.165) is 0 Å². The Balaban J connectivity index is 2.35. The van der Waals surface area contributed by atoms with Gasteiger partial charge in [-0.15, -0.1) is 0 Å². The predicted octanol–water partition coefficient (Wildman–Crippen LogP) is -0.691. The Morgan fingerprint density at radius 3 is 2.80 bits per heavy atom. The average Bonchev–Trinajstić information content (AvgIpc) is 2.56. The second kappa shape index (κ2) is 3.19. The summed E-state index contributed by atoms with van der Waals surface area (Å²) in [6.07, 6.45) is 2.02. The van der Waals surface area contributed by atoms with Crippen molar-refractivity contribution in [1.82, 2.24) is 15.8 Å². The number of nitrogens with zero attached hydrogens (tertiary/aromatic N) is 1. The molecule has 7 nitrogen and oxygen atoms in total. The molecule has 2 aliphatic heterocycles. The van der Waals surface area contributed by atoms with Gasteiger partial charge >= 0.3 is 12.1 Å². The van der Waals surface area contributed by atoms with Crippen molar-refractivity contribution < 1.29 is 19.8 Å². The summed E-state index contributed by atoms with van der Waals surface area (Å²) in [6.45, 7) is 0.547. The molecule has 7 heteroatoms. The van der Waals surface area contributed by atoms with Crippen LogP contribution in [0.5, 0.6) is 0 Å². The summed E-state index contributed by atoms with van der Waals surface area (Å²) in [6, 6.07) is -1.19. The molecule has 2 aliphatic rings. The first-order valence-corrected chi connectivity index (χ1v) is 4.27. The first kappa shape index (κ1) is 9.38. The van der Waals surface area contributed by atoms with Gasteiger partial charge in [-0.3, -0.25) is 5.43 Å². The van der Waals surface area contributed by atoms with Crippen LogP contribution in [0.4, 0.5) is 4.79 Å². The third-order valence-corrected chi connectivity index (χ3v) is 2.21. The van der Waals surface area contributed by atoms with E-state index < -0.39 is 18.1 Å². The quantitative estimate of drug-likeness (QED) is 0.458. The fourth-order valence-electron chi connectivity index (χ4n) is 1.59. The van der Waals surface area contributed by atoms with Gasteiger partial charge in [-0.2, -0.15) is 0 Å². The molecule has 0 radical (unpaired) electrons. The molecule has 0 bridgehead atoms. The van der Waals surface area contributed by atoms with Crippen LogP contribution in [0.1, 0.15) is 0 Å². The van der Waals surface area contributed by atoms with Gasteiger partial charge in [0, 0.05) is 12.1 Å². The molecule has 0 aromatic rings. The van der Waals surface area contributed by atoms with Crippen LogP contribution >= 0.6 is 0 Å². The molecule has 0 aromatic heterocycles. The highest BCUT2D eigenvalue weighted by atomic mass is 16.4. The predicted molar refractivity (Wildman–Crippen MR) is 48.6 cm³/mol. The fraction of sp³-hybridized carbons (Fsp3) is 0.250. The lowest BCUT2D eigenvalue weighted by molar-refractivity contribution is -0.141. The van der Waals surface area contributed by atoms with Crippen LogP contribution in [0.25, 0.3) is 0 Å². The third kappa shape index (κ3) is 1.37. The molecule has 80 valence electrons. The van der Waals surface area contributed by atoms with Crippen molar-refractivity contribution in [3.05, 3.63) is 23.5 Å². The molecule has 15 heavy (non-hydrogen) atoms. The minimum atomic E-state index is -1.33. The van der Waals surface area contributed by atoms with Crippen molar-refractivity contribution in [2.24, 2.45) is 0 Å². The SMILES string of the molecule is O=C(O)C1C2=C(NCC=C2)NN1C(=O)O. The van der Waals surface area contributed by atoms with E-state index in [1.165, 1.54) is 0 Å². The number of hydrogen-bond acceptors (Lipinski definition) is 4. The van der Waals surface area contributed by atoms with Gasteiger partial charge in [0.15, 0.2) is 6.04 Å². The van der Waals surface area contributed by atoms with Crippen molar-refractivity contribution in [2.45, 2.75) is 6.04 Å². The van der Waals surface area contributed by atoms with Crippen LogP contribution in [0, 0.1) is 0 Å². The van der Waals surface area contributed by atoms with Gasteiger partial charge in [0.1, 0.15) is 5.82 Å². The van der Waals surface area contributed by atoms with Crippen molar-refractivity contribution in [1.29, 1.82) is 0 Å². The number of aliphatic carboxylic acids is 1. The number of dihydropyridines is 1. The van der Waals surface area contributed by atoms with E-state index >= 15 is 0 Å². The summed E-state index contributed by atoms with van der Waals surface area (Å²) < 4.78 is 0. The monoisotopic (exact) mass is 211 g/mol. The van der Waals surface area contributed by atoms with E-state index in [0.29, 0.717) is 22.9 Å². The number of carboxylic acid groups (broad SMARTS) is 2. The van der Waals surface area contributed by atoms with Gasteiger partial charge in [-0.1, -0.05) is 12.2 Å². The smallest absolute Gasteiger partial charge is 0.427 e. The Morgan fingerprint density at radius 2 is 2.20 bits per heavy atom. The van der Waals surface area contributed by atoms with Crippen LogP contribution in [0.2, 0.25) is 0 Å². The van der Waals surface area contributed by atoms with E-state index in [2.05, 4.69) is 10.7 Å². The van der Waals surface area contributed by atoms with Crippen molar-refractivity contribution in [3.63, 3.8) is 0 Å². The van der Waals surface area contributed by atoms with E-state index in [9.17, 15) is 9.59 Å². The van der Waals surface area contributed by atoms with E-state index in [1.807, 2.05) is 0 Å². The summed E-state index contributed by atoms with van der Waals surface area (Å²) in [7, 11) is 0. The number of hydrogen-bond donors (Lipinski definition) is 4. The highest BCUT2D eigenvalue weighted by molar-refractivity contribution is 5.84. The summed E-state index contributed by atoms with van der Waals surface area (Å²) in [4.78, 5) is 21.7. The fourth-order valence-corrected chi connectivity index (χ4v) is 1.59. The molecule has 4 N–H and O–H groups in total. The molecule has 0 aliphatic carbocycles. The lowest BCUT2D eigenvalue weighted by Crippen LogP contribution is -2.47. The minimum absolute atomic E-state index is 0.427. The summed E-state index contributed by atoms with van der Waals surface area (Å²) in [5.41, 5.74) is 2.92. The normalized spacial score (nSPS) is 23.2. The topological polar surface area (TPSA) is 102 Å². The van der Waals surface area contributed by atoms with Gasteiger partial charge in [0.2, 0.25) is 0 Å². The highest BCUT2D eigenvalue weighted by Crippen LogP contribution is 2.22. The van der Waals surface area contributed by atoms with Crippen LogP contribution in [-0.2, 0) is 4.79 Å². The molecule has 0 spiro atoms. The molecule has 0 saturated heterocycles. The lowest BCUT2D eigenvalue weighted by atomic mass is 10.1. The van der Waals surface area contributed by atoms with Gasteiger partial charge in [0.25, 0.3) is 0 Å². The molecule has 1 atom stereocenters. The van der Waals surface area contributed by atoms with E-state index in [-0.39, 0.29) is 0 Å². The molecule has 2 heterocycles. The Labute approximate surface area is 84.6 Å². The molecule has 2 rings (SSSR count). The Hall–Kier alpha value is -2.18. The number of carbonyl (C=O) groups is 2. The Bertz CT molecular complexity index is 387. The molecule has 0 saturated carbocycles. The lowest BCUT2D eigenvalue weighted by Gasteiger charge is -2.18. The van der Waals surface area contributed by atoms with Gasteiger partial charge in [-0.05, 0) is 0 Å². The zero-order chi connectivity index (χ0) is 11.0. The maximum absolute atomic E-state index is 10.9. The van der Waals surface area contributed by atoms with Crippen molar-refractivity contribution in [3.8, 4) is 0 Å². The van der Waals surface area contributed by atoms with Crippen molar-refractivity contribution >= 4 is 12.1 Å². The van der Waals surface area contributed by atoms with Crippen LogP contribution < -0.4 is 10.7 Å². The third-order valence-electron chi connectivity index (χ3n) is 2.21. The second-order valence-electron chi connectivity index (χ2n) is 3.12. The molecule has 0 aromatic carbocycles. The van der Waals surface area contributed by atoms with E-state index in [1.54, 1.807) is 12.2 Å². The van der Waals surface area contributed by atoms with Gasteiger partial charge in [-0.25, -0.2) is 14.6 Å². The average molecular weight is 211 g/mol. The zero-order valence-electron chi connectivity index (χ0n) is 7.60. The molecular formula is C8H9N3O4. The largest absolute Gasteiger partial charge is 0.479 e. The van der Waals surface area contributed by atoms with Crippen LogP contribution in [0.15, 0.2) is 23.5 Å². The highest BCUT2D eigenvalue weighted by Gasteiger charge is 2.40. The minimum Gasteiger partial charge on any atom is -0.479 e. The Morgan fingerprint density at radius 1 is 1.47 bits per heavy atom.